The third-order valence-electron chi connectivity index (χ3n) is 3.92. The maximum atomic E-state index is 12.2. The Hall–Kier alpha value is -1.74. The van der Waals surface area contributed by atoms with E-state index in [9.17, 15) is 9.90 Å². The number of aryl methyl sites for hydroxylation is 2. The summed E-state index contributed by atoms with van der Waals surface area (Å²) >= 11 is 1.18. The summed E-state index contributed by atoms with van der Waals surface area (Å²) in [5.74, 6) is 0.191. The molecule has 0 fully saturated rings. The minimum Gasteiger partial charge on any atom is -0.510 e. The van der Waals surface area contributed by atoms with Crippen molar-refractivity contribution in [2.45, 2.75) is 38.4 Å². The molecular weight excluding hydrogens is 292 g/mol. The number of carbonyl (C=O) groups is 1. The van der Waals surface area contributed by atoms with Gasteiger partial charge >= 0.3 is 0 Å². The molecule has 0 saturated heterocycles. The Bertz CT molecular complexity index is 653. The number of benzene rings is 1. The van der Waals surface area contributed by atoms with Crippen LogP contribution in [0.5, 0.6) is 0 Å². The summed E-state index contributed by atoms with van der Waals surface area (Å²) in [6, 6.07) is 8.27. The van der Waals surface area contributed by atoms with Crippen LogP contribution in [0.3, 0.4) is 0 Å². The molecule has 0 amide bonds. The lowest BCUT2D eigenvalue weighted by atomic mass is 9.97. The second-order valence-corrected chi connectivity index (χ2v) is 7.32. The molecule has 1 atom stereocenters. The fourth-order valence-corrected chi connectivity index (χ4v) is 3.71. The highest BCUT2D eigenvalue weighted by molar-refractivity contribution is 8.16. The summed E-state index contributed by atoms with van der Waals surface area (Å²) < 4.78 is -0.669. The third-order valence-corrected chi connectivity index (χ3v) is 5.08. The standard InChI is InChI=1S/C19H22O2S/c1-5-13(2)12-19(4)17(20)16(18(21)22-19)11-10-15-8-6-14(3)7-9-15/h5-9,12,20H,1,10-11H2,2-4H3/b13-12+/t19-/m1/s1. The first-order valence-corrected chi connectivity index (χ1v) is 8.21. The largest absolute Gasteiger partial charge is 0.510 e. The van der Waals surface area contributed by atoms with Crippen molar-refractivity contribution < 1.29 is 9.90 Å². The molecule has 1 aromatic rings. The summed E-state index contributed by atoms with van der Waals surface area (Å²) in [6.45, 7) is 9.56. The van der Waals surface area contributed by atoms with Crippen LogP contribution < -0.4 is 0 Å². The molecule has 1 aromatic carbocycles. The molecule has 0 unspecified atom stereocenters. The first-order valence-electron chi connectivity index (χ1n) is 7.39. The van der Waals surface area contributed by atoms with Gasteiger partial charge in [0.15, 0.2) is 0 Å². The molecule has 116 valence electrons. The Morgan fingerprint density at radius 3 is 2.55 bits per heavy atom. The van der Waals surface area contributed by atoms with Gasteiger partial charge in [-0.15, -0.1) is 0 Å². The molecule has 0 spiro atoms. The molecule has 22 heavy (non-hydrogen) atoms. The van der Waals surface area contributed by atoms with Crippen molar-refractivity contribution in [3.8, 4) is 0 Å². The Balaban J connectivity index is 2.18. The van der Waals surface area contributed by atoms with E-state index in [4.69, 9.17) is 0 Å². The molecule has 0 radical (unpaired) electrons. The average molecular weight is 314 g/mol. The van der Waals surface area contributed by atoms with Gasteiger partial charge in [-0.1, -0.05) is 65.9 Å². The van der Waals surface area contributed by atoms with Crippen molar-refractivity contribution in [1.82, 2.24) is 0 Å². The monoisotopic (exact) mass is 314 g/mol. The molecule has 0 aromatic heterocycles. The van der Waals surface area contributed by atoms with Gasteiger partial charge < -0.3 is 5.11 Å². The van der Waals surface area contributed by atoms with Crippen LogP contribution in [0.4, 0.5) is 0 Å². The van der Waals surface area contributed by atoms with Gasteiger partial charge in [-0.05, 0) is 39.2 Å². The zero-order valence-corrected chi connectivity index (χ0v) is 14.2. The molecule has 1 N–H and O–H groups in total. The number of hydrogen-bond acceptors (Lipinski definition) is 3. The Morgan fingerprint density at radius 1 is 1.32 bits per heavy atom. The number of rotatable bonds is 5. The van der Waals surface area contributed by atoms with E-state index in [2.05, 4.69) is 37.8 Å². The van der Waals surface area contributed by atoms with Crippen LogP contribution in [0.15, 0.2) is 59.9 Å². The van der Waals surface area contributed by atoms with Crippen molar-refractivity contribution in [3.05, 3.63) is 71.0 Å². The van der Waals surface area contributed by atoms with Gasteiger partial charge in [-0.2, -0.15) is 0 Å². The maximum Gasteiger partial charge on any atom is 0.220 e. The zero-order valence-electron chi connectivity index (χ0n) is 13.3. The smallest absolute Gasteiger partial charge is 0.220 e. The van der Waals surface area contributed by atoms with Gasteiger partial charge in [0, 0.05) is 5.57 Å². The first-order chi connectivity index (χ1) is 10.4. The molecule has 2 nitrogen and oxygen atoms in total. The molecule has 0 saturated carbocycles. The van der Waals surface area contributed by atoms with Gasteiger partial charge in [0.05, 0.1) is 4.75 Å². The lowest BCUT2D eigenvalue weighted by molar-refractivity contribution is -0.107. The number of aliphatic hydroxyl groups excluding tert-OH is 1. The Morgan fingerprint density at radius 2 is 1.95 bits per heavy atom. The van der Waals surface area contributed by atoms with Crippen molar-refractivity contribution in [2.75, 3.05) is 0 Å². The Kier molecular flexibility index (Phi) is 4.97. The van der Waals surface area contributed by atoms with E-state index in [0.717, 1.165) is 12.0 Å². The minimum atomic E-state index is -0.669. The average Bonchev–Trinajstić information content (AvgIpc) is 2.68. The first kappa shape index (κ1) is 16.6. The lowest BCUT2D eigenvalue weighted by Gasteiger charge is -2.18. The lowest BCUT2D eigenvalue weighted by Crippen LogP contribution is -2.17. The molecule has 3 heteroatoms. The highest BCUT2D eigenvalue weighted by atomic mass is 32.2. The minimum absolute atomic E-state index is 0.0276. The van der Waals surface area contributed by atoms with E-state index < -0.39 is 4.75 Å². The SMILES string of the molecule is C=C/C(C)=C/[C@@]1(C)SC(=O)C(CCc2ccc(C)cc2)=C1O. The van der Waals surface area contributed by atoms with Crippen molar-refractivity contribution in [2.24, 2.45) is 0 Å². The van der Waals surface area contributed by atoms with Gasteiger partial charge in [0.1, 0.15) is 5.76 Å². The van der Waals surface area contributed by atoms with Gasteiger partial charge in [-0.25, -0.2) is 0 Å². The van der Waals surface area contributed by atoms with Crippen molar-refractivity contribution in [3.63, 3.8) is 0 Å². The zero-order chi connectivity index (χ0) is 16.3. The van der Waals surface area contributed by atoms with E-state index in [1.807, 2.05) is 19.9 Å². The van der Waals surface area contributed by atoms with Crippen molar-refractivity contribution >= 4 is 16.9 Å². The molecule has 0 bridgehead atoms. The number of carbonyl (C=O) groups excluding carboxylic acids is 1. The van der Waals surface area contributed by atoms with Crippen LogP contribution in [-0.2, 0) is 11.2 Å². The van der Waals surface area contributed by atoms with E-state index in [1.54, 1.807) is 6.08 Å². The topological polar surface area (TPSA) is 37.3 Å². The quantitative estimate of drug-likeness (QED) is 0.785. The van der Waals surface area contributed by atoms with Crippen LogP contribution in [0, 0.1) is 6.92 Å². The predicted octanol–water partition coefficient (Wildman–Crippen LogP) is 4.90. The van der Waals surface area contributed by atoms with E-state index in [-0.39, 0.29) is 10.9 Å². The van der Waals surface area contributed by atoms with Gasteiger partial charge in [0.2, 0.25) is 5.12 Å². The highest BCUT2D eigenvalue weighted by Gasteiger charge is 2.41. The molecule has 0 aliphatic carbocycles. The fourth-order valence-electron chi connectivity index (χ4n) is 2.53. The third kappa shape index (κ3) is 3.53. The highest BCUT2D eigenvalue weighted by Crippen LogP contribution is 2.45. The maximum absolute atomic E-state index is 12.2. The fraction of sp³-hybridized carbons (Fsp3) is 0.316. The molecule has 1 aliphatic rings. The normalized spacial score (nSPS) is 22.3. The van der Waals surface area contributed by atoms with Crippen LogP contribution in [0.25, 0.3) is 0 Å². The Labute approximate surface area is 136 Å². The van der Waals surface area contributed by atoms with Crippen LogP contribution in [-0.4, -0.2) is 15.0 Å². The van der Waals surface area contributed by atoms with Crippen LogP contribution in [0.2, 0.25) is 0 Å². The summed E-state index contributed by atoms with van der Waals surface area (Å²) in [5, 5.41) is 10.5. The number of aliphatic hydroxyl groups is 1. The second kappa shape index (κ2) is 6.57. The van der Waals surface area contributed by atoms with E-state index >= 15 is 0 Å². The summed E-state index contributed by atoms with van der Waals surface area (Å²) in [5.41, 5.74) is 3.89. The number of allylic oxidation sites excluding steroid dienone is 2. The molecule has 1 heterocycles. The summed E-state index contributed by atoms with van der Waals surface area (Å²) in [6.07, 6.45) is 4.95. The number of thioether (sulfide) groups is 1. The van der Waals surface area contributed by atoms with Gasteiger partial charge in [-0.3, -0.25) is 4.79 Å². The van der Waals surface area contributed by atoms with E-state index in [1.165, 1.54) is 22.9 Å². The molecular formula is C19H22O2S. The van der Waals surface area contributed by atoms with Gasteiger partial charge in [0.25, 0.3) is 0 Å². The summed E-state index contributed by atoms with van der Waals surface area (Å²) in [7, 11) is 0. The number of hydrogen-bond donors (Lipinski definition) is 1. The van der Waals surface area contributed by atoms with Crippen LogP contribution in [0.1, 0.15) is 31.4 Å². The second-order valence-electron chi connectivity index (χ2n) is 5.90. The predicted molar refractivity (Wildman–Crippen MR) is 94.1 cm³/mol. The summed E-state index contributed by atoms with van der Waals surface area (Å²) in [4.78, 5) is 12.2. The molecule has 1 aliphatic heterocycles. The van der Waals surface area contributed by atoms with Crippen molar-refractivity contribution in [1.29, 1.82) is 0 Å². The van der Waals surface area contributed by atoms with Crippen LogP contribution >= 0.6 is 11.8 Å². The molecule has 2 rings (SSSR count). The van der Waals surface area contributed by atoms with E-state index in [0.29, 0.717) is 12.0 Å².